The summed E-state index contributed by atoms with van der Waals surface area (Å²) in [7, 11) is 0. The molecule has 0 aliphatic rings. The molecule has 0 aromatic carbocycles. The Kier molecular flexibility index (Phi) is 2.40. The number of carbonyl (C=O) groups is 1. The minimum atomic E-state index is -0.291. The molecular weight excluding hydrogens is 216 g/mol. The van der Waals surface area contributed by atoms with Gasteiger partial charge in [0.05, 0.1) is 12.4 Å². The van der Waals surface area contributed by atoms with Gasteiger partial charge in [-0.2, -0.15) is 0 Å². The second kappa shape index (κ2) is 3.58. The van der Waals surface area contributed by atoms with Gasteiger partial charge in [-0.05, 0) is 13.8 Å². The lowest BCUT2D eigenvalue weighted by Gasteiger charge is -2.09. The maximum Gasteiger partial charge on any atom is 0.165 e. The van der Waals surface area contributed by atoms with E-state index in [1.165, 1.54) is 13.3 Å². The number of hydrogen-bond donors (Lipinski definition) is 0. The van der Waals surface area contributed by atoms with E-state index in [1.807, 2.05) is 0 Å². The number of aromatic nitrogens is 4. The van der Waals surface area contributed by atoms with E-state index in [0.717, 1.165) is 0 Å². The predicted octanol–water partition coefficient (Wildman–Crippen LogP) is 1.63. The molecule has 0 radical (unpaired) electrons. The lowest BCUT2D eigenvalue weighted by Crippen LogP contribution is -2.12. The number of nitrogens with zero attached hydrogens (tertiary/aromatic N) is 4. The van der Waals surface area contributed by atoms with Crippen LogP contribution in [-0.4, -0.2) is 25.3 Å². The molecule has 2 aromatic heterocycles. The van der Waals surface area contributed by atoms with Crippen molar-refractivity contribution in [1.82, 2.24) is 19.5 Å². The van der Waals surface area contributed by atoms with Crippen LogP contribution in [0.5, 0.6) is 0 Å². The zero-order chi connectivity index (χ0) is 11.0. The average molecular weight is 225 g/mol. The van der Waals surface area contributed by atoms with Gasteiger partial charge in [-0.1, -0.05) is 11.6 Å². The average Bonchev–Trinajstić information content (AvgIpc) is 2.61. The van der Waals surface area contributed by atoms with Crippen molar-refractivity contribution < 1.29 is 4.79 Å². The Morgan fingerprint density at radius 1 is 1.47 bits per heavy atom. The van der Waals surface area contributed by atoms with Gasteiger partial charge in [0.1, 0.15) is 11.8 Å². The van der Waals surface area contributed by atoms with Crippen molar-refractivity contribution in [3.05, 3.63) is 17.8 Å². The number of fused-ring (bicyclic) bond motifs is 1. The van der Waals surface area contributed by atoms with E-state index in [0.29, 0.717) is 16.3 Å². The van der Waals surface area contributed by atoms with E-state index < -0.39 is 0 Å². The third kappa shape index (κ3) is 1.59. The fourth-order valence-electron chi connectivity index (χ4n) is 1.30. The first-order valence-corrected chi connectivity index (χ1v) is 4.82. The number of halogens is 1. The Balaban J connectivity index is 2.64. The van der Waals surface area contributed by atoms with E-state index in [-0.39, 0.29) is 11.8 Å². The van der Waals surface area contributed by atoms with Crippen molar-refractivity contribution >= 4 is 28.5 Å². The van der Waals surface area contributed by atoms with Gasteiger partial charge in [0, 0.05) is 0 Å². The van der Waals surface area contributed by atoms with Gasteiger partial charge >= 0.3 is 0 Å². The molecule has 6 heteroatoms. The SMILES string of the molecule is CC(=O)C(C)n1cnc2c(Cl)ncnc21. The van der Waals surface area contributed by atoms with E-state index in [4.69, 9.17) is 11.6 Å². The van der Waals surface area contributed by atoms with Crippen molar-refractivity contribution in [3.63, 3.8) is 0 Å². The number of hydrogen-bond acceptors (Lipinski definition) is 4. The van der Waals surface area contributed by atoms with Crippen molar-refractivity contribution in [3.8, 4) is 0 Å². The predicted molar refractivity (Wildman–Crippen MR) is 55.7 cm³/mol. The summed E-state index contributed by atoms with van der Waals surface area (Å²) in [5.41, 5.74) is 1.10. The van der Waals surface area contributed by atoms with Crippen LogP contribution >= 0.6 is 11.6 Å². The highest BCUT2D eigenvalue weighted by atomic mass is 35.5. The summed E-state index contributed by atoms with van der Waals surface area (Å²) in [6, 6.07) is -0.291. The summed E-state index contributed by atoms with van der Waals surface area (Å²) in [5, 5.41) is 0.300. The molecule has 0 N–H and O–H groups in total. The van der Waals surface area contributed by atoms with Gasteiger partial charge in [0.25, 0.3) is 0 Å². The molecule has 2 heterocycles. The monoisotopic (exact) mass is 224 g/mol. The molecule has 0 saturated heterocycles. The molecule has 15 heavy (non-hydrogen) atoms. The fourth-order valence-corrected chi connectivity index (χ4v) is 1.48. The third-order valence-electron chi connectivity index (χ3n) is 2.32. The van der Waals surface area contributed by atoms with Gasteiger partial charge < -0.3 is 4.57 Å². The Hall–Kier alpha value is -1.49. The Morgan fingerprint density at radius 3 is 2.87 bits per heavy atom. The van der Waals surface area contributed by atoms with Gasteiger partial charge in [-0.25, -0.2) is 15.0 Å². The molecule has 0 aliphatic heterocycles. The van der Waals surface area contributed by atoms with E-state index in [1.54, 1.807) is 17.8 Å². The van der Waals surface area contributed by atoms with Crippen LogP contribution in [0.3, 0.4) is 0 Å². The second-order valence-corrected chi connectivity index (χ2v) is 3.63. The summed E-state index contributed by atoms with van der Waals surface area (Å²) in [5.74, 6) is 0.0454. The Morgan fingerprint density at radius 2 is 2.20 bits per heavy atom. The summed E-state index contributed by atoms with van der Waals surface area (Å²) in [4.78, 5) is 23.2. The molecule has 5 nitrogen and oxygen atoms in total. The molecule has 78 valence electrons. The maximum absolute atomic E-state index is 11.2. The normalized spacial score (nSPS) is 13.0. The van der Waals surface area contributed by atoms with Crippen LogP contribution in [0.15, 0.2) is 12.7 Å². The highest BCUT2D eigenvalue weighted by molar-refractivity contribution is 6.33. The topological polar surface area (TPSA) is 60.7 Å². The van der Waals surface area contributed by atoms with Crippen LogP contribution in [0.1, 0.15) is 19.9 Å². The summed E-state index contributed by atoms with van der Waals surface area (Å²) in [6.07, 6.45) is 2.91. The first-order valence-electron chi connectivity index (χ1n) is 4.44. The zero-order valence-electron chi connectivity index (χ0n) is 8.31. The van der Waals surface area contributed by atoms with Crippen LogP contribution in [0, 0.1) is 0 Å². The van der Waals surface area contributed by atoms with Crippen molar-refractivity contribution in [2.24, 2.45) is 0 Å². The maximum atomic E-state index is 11.2. The largest absolute Gasteiger partial charge is 0.305 e. The van der Waals surface area contributed by atoms with E-state index in [2.05, 4.69) is 15.0 Å². The Labute approximate surface area is 91.1 Å². The number of ketones is 1. The molecule has 0 spiro atoms. The third-order valence-corrected chi connectivity index (χ3v) is 2.60. The van der Waals surface area contributed by atoms with E-state index in [9.17, 15) is 4.79 Å². The standard InChI is InChI=1S/C9H9ClN4O/c1-5(6(2)15)14-4-13-7-8(10)11-3-12-9(7)14/h3-5H,1-2H3. The minimum absolute atomic E-state index is 0.0454. The van der Waals surface area contributed by atoms with Gasteiger partial charge in [-0.15, -0.1) is 0 Å². The van der Waals surface area contributed by atoms with Gasteiger partial charge in [0.15, 0.2) is 16.6 Å². The molecule has 2 rings (SSSR count). The molecule has 1 unspecified atom stereocenters. The number of Topliss-reactive ketones (excluding diaryl/α,β-unsaturated/α-hetero) is 1. The smallest absolute Gasteiger partial charge is 0.165 e. The quantitative estimate of drug-likeness (QED) is 0.728. The lowest BCUT2D eigenvalue weighted by molar-refractivity contribution is -0.119. The van der Waals surface area contributed by atoms with Crippen LogP contribution in [-0.2, 0) is 4.79 Å². The second-order valence-electron chi connectivity index (χ2n) is 3.28. The molecule has 0 saturated carbocycles. The molecule has 1 atom stereocenters. The summed E-state index contributed by atoms with van der Waals surface area (Å²) < 4.78 is 1.69. The number of imidazole rings is 1. The highest BCUT2D eigenvalue weighted by Gasteiger charge is 2.15. The summed E-state index contributed by atoms with van der Waals surface area (Å²) >= 11 is 5.84. The first-order chi connectivity index (χ1) is 7.11. The van der Waals surface area contributed by atoms with Crippen LogP contribution in [0.2, 0.25) is 5.15 Å². The molecule has 0 aliphatic carbocycles. The van der Waals surface area contributed by atoms with E-state index >= 15 is 0 Å². The van der Waals surface area contributed by atoms with Crippen LogP contribution in [0.4, 0.5) is 0 Å². The molecule has 0 amide bonds. The molecule has 0 bridgehead atoms. The summed E-state index contributed by atoms with van der Waals surface area (Å²) in [6.45, 7) is 3.32. The highest BCUT2D eigenvalue weighted by Crippen LogP contribution is 2.20. The molecular formula is C9H9ClN4O. The van der Waals surface area contributed by atoms with Crippen LogP contribution < -0.4 is 0 Å². The van der Waals surface area contributed by atoms with Gasteiger partial charge in [-0.3, -0.25) is 4.79 Å². The minimum Gasteiger partial charge on any atom is -0.305 e. The zero-order valence-corrected chi connectivity index (χ0v) is 9.06. The Bertz CT molecular complexity index is 522. The van der Waals surface area contributed by atoms with Gasteiger partial charge in [0.2, 0.25) is 0 Å². The lowest BCUT2D eigenvalue weighted by atomic mass is 10.2. The van der Waals surface area contributed by atoms with Crippen molar-refractivity contribution in [2.75, 3.05) is 0 Å². The van der Waals surface area contributed by atoms with Crippen molar-refractivity contribution in [1.29, 1.82) is 0 Å². The van der Waals surface area contributed by atoms with Crippen LogP contribution in [0.25, 0.3) is 11.2 Å². The van der Waals surface area contributed by atoms with Crippen molar-refractivity contribution in [2.45, 2.75) is 19.9 Å². The first kappa shape index (κ1) is 10.0. The molecule has 2 aromatic rings. The molecule has 0 fully saturated rings. The number of rotatable bonds is 2. The number of carbonyl (C=O) groups excluding carboxylic acids is 1. The fraction of sp³-hybridized carbons (Fsp3) is 0.333.